The van der Waals surface area contributed by atoms with Gasteiger partial charge in [-0.2, -0.15) is 0 Å². The van der Waals surface area contributed by atoms with Gasteiger partial charge in [-0.15, -0.1) is 6.58 Å². The molecule has 2 fully saturated rings. The Morgan fingerprint density at radius 2 is 2.00 bits per heavy atom. The third-order valence-corrected chi connectivity index (χ3v) is 8.89. The number of aromatic hydroxyl groups is 1. The number of amides is 1. The van der Waals surface area contributed by atoms with Crippen molar-refractivity contribution in [3.05, 3.63) is 76.3 Å². The van der Waals surface area contributed by atoms with Crippen LogP contribution in [0.3, 0.4) is 0 Å². The molecule has 0 spiro atoms. The fourth-order valence-electron chi connectivity index (χ4n) is 6.41. The van der Waals surface area contributed by atoms with Gasteiger partial charge < -0.3 is 15.1 Å². The summed E-state index contributed by atoms with van der Waals surface area (Å²) < 4.78 is 0. The number of phenolic OH excluding ortho intramolecular Hbond substituents is 1. The number of piperidine rings is 1. The molecular weight excluding hydrogens is 507 g/mol. The lowest BCUT2D eigenvalue weighted by Gasteiger charge is -2.59. The average Bonchev–Trinajstić information content (AvgIpc) is 2.84. The summed E-state index contributed by atoms with van der Waals surface area (Å²) in [7, 11) is 0. The van der Waals surface area contributed by atoms with Crippen molar-refractivity contribution < 1.29 is 15.0 Å². The van der Waals surface area contributed by atoms with Gasteiger partial charge >= 0.3 is 0 Å². The fourth-order valence-corrected chi connectivity index (χ4v) is 6.74. The van der Waals surface area contributed by atoms with E-state index in [1.54, 1.807) is 24.3 Å². The molecule has 2 N–H and O–H groups in total. The van der Waals surface area contributed by atoms with Gasteiger partial charge in [0.05, 0.1) is 22.1 Å². The number of halogens is 2. The quantitative estimate of drug-likeness (QED) is 0.409. The Hall–Kier alpha value is -2.05. The van der Waals surface area contributed by atoms with Crippen LogP contribution in [0.4, 0.5) is 0 Å². The van der Waals surface area contributed by atoms with Crippen LogP contribution in [0.25, 0.3) is 0 Å². The maximum absolute atomic E-state index is 13.7. The fraction of sp³-hybridized carbons (Fsp3) is 0.500. The number of hydrogen-bond donors (Lipinski definition) is 2. The highest BCUT2D eigenvalue weighted by Gasteiger charge is 2.58. The molecule has 4 rings (SSSR count). The molecule has 0 aromatic heterocycles. The molecule has 3 atom stereocenters. The third-order valence-electron chi connectivity index (χ3n) is 8.15. The summed E-state index contributed by atoms with van der Waals surface area (Å²) in [5.41, 5.74) is 0.250. The zero-order chi connectivity index (χ0) is 26.8. The third kappa shape index (κ3) is 5.85. The molecule has 1 saturated carbocycles. The number of carbonyl (C=O) groups is 1. The van der Waals surface area contributed by atoms with Gasteiger partial charge in [0.2, 0.25) is 5.91 Å². The van der Waals surface area contributed by atoms with Crippen molar-refractivity contribution >= 4 is 29.1 Å². The van der Waals surface area contributed by atoms with Gasteiger partial charge in [0, 0.05) is 31.1 Å². The number of likely N-dealkylation sites (tertiary alicyclic amines) is 1. The highest BCUT2D eigenvalue weighted by Crippen LogP contribution is 2.53. The number of β-amino-alcohol motifs (C(OH)–C–C–N with tert-alkyl or cyclic N) is 1. The number of hydrogen-bond acceptors (Lipinski definition) is 4. The van der Waals surface area contributed by atoms with Crippen LogP contribution < -0.4 is 0 Å². The number of phenols is 1. The van der Waals surface area contributed by atoms with Crippen molar-refractivity contribution in [2.45, 2.75) is 63.0 Å². The number of nitrogens with zero attached hydrogens (tertiary/aromatic N) is 2. The van der Waals surface area contributed by atoms with Crippen molar-refractivity contribution in [2.24, 2.45) is 5.92 Å². The lowest BCUT2D eigenvalue weighted by atomic mass is 9.55. The Morgan fingerprint density at radius 3 is 2.68 bits per heavy atom. The maximum atomic E-state index is 13.7. The van der Waals surface area contributed by atoms with Gasteiger partial charge in [-0.05, 0) is 73.5 Å². The smallest absolute Gasteiger partial charge is 0.227 e. The van der Waals surface area contributed by atoms with Crippen molar-refractivity contribution in [1.82, 2.24) is 9.80 Å². The lowest BCUT2D eigenvalue weighted by molar-refractivity contribution is -0.149. The monoisotopic (exact) mass is 544 g/mol. The molecule has 0 radical (unpaired) electrons. The van der Waals surface area contributed by atoms with Crippen LogP contribution in [0, 0.1) is 5.92 Å². The summed E-state index contributed by atoms with van der Waals surface area (Å²) in [5, 5.41) is 23.5. The molecule has 5 nitrogen and oxygen atoms in total. The largest absolute Gasteiger partial charge is 0.508 e. The van der Waals surface area contributed by atoms with Gasteiger partial charge in [-0.3, -0.25) is 9.69 Å². The molecule has 2 aromatic carbocycles. The zero-order valence-corrected chi connectivity index (χ0v) is 23.3. The van der Waals surface area contributed by atoms with E-state index in [4.69, 9.17) is 23.2 Å². The first-order valence-electron chi connectivity index (χ1n) is 13.2. The molecular formula is C30H38Cl2N2O3. The number of aliphatic hydroxyl groups is 1. The predicted octanol–water partition coefficient (Wildman–Crippen LogP) is 5.84. The highest BCUT2D eigenvalue weighted by molar-refractivity contribution is 6.42. The summed E-state index contributed by atoms with van der Waals surface area (Å²) in [4.78, 5) is 18.0. The van der Waals surface area contributed by atoms with E-state index in [0.717, 1.165) is 37.1 Å². The molecule has 200 valence electrons. The van der Waals surface area contributed by atoms with Crippen LogP contribution in [0.2, 0.25) is 10.0 Å². The minimum atomic E-state index is -0.963. The van der Waals surface area contributed by atoms with Gasteiger partial charge in [-0.1, -0.05) is 61.3 Å². The Balaban J connectivity index is 1.67. The van der Waals surface area contributed by atoms with E-state index >= 15 is 0 Å². The molecule has 1 saturated heterocycles. The van der Waals surface area contributed by atoms with Crippen LogP contribution >= 0.6 is 23.2 Å². The molecule has 1 heterocycles. The standard InChI is InChI=1S/C30H38Cl2N2O3/c1-4-13-33-14-12-29(23-6-5-7-25(35)17-23)18-24(10-11-30(29,37)20-33)34(19-21(2)3)28(36)16-22-8-9-26(31)27(32)15-22/h4-9,15,17,21,24,35,37H,1,10-14,16,18-20H2,2-3H3/t24-,29-,30-/m0/s1. The van der Waals surface area contributed by atoms with Crippen molar-refractivity contribution in [1.29, 1.82) is 0 Å². The summed E-state index contributed by atoms with van der Waals surface area (Å²) in [5.74, 6) is 0.544. The number of benzene rings is 2. The SMILES string of the molecule is C=CCN1CC[C@@]2(c3cccc(O)c3)C[C@@H](N(CC(C)C)C(=O)Cc3ccc(Cl)c(Cl)c3)CC[C@]2(O)C1. The zero-order valence-electron chi connectivity index (χ0n) is 21.8. The second-order valence-corrected chi connectivity index (χ2v) is 12.0. The lowest BCUT2D eigenvalue weighted by Crippen LogP contribution is -2.67. The highest BCUT2D eigenvalue weighted by atomic mass is 35.5. The van der Waals surface area contributed by atoms with Crippen molar-refractivity contribution in [3.63, 3.8) is 0 Å². The normalized spacial score (nSPS) is 26.1. The molecule has 7 heteroatoms. The Bertz CT molecular complexity index is 1140. The van der Waals surface area contributed by atoms with E-state index in [2.05, 4.69) is 25.3 Å². The molecule has 2 aliphatic rings. The van der Waals surface area contributed by atoms with Gasteiger partial charge in [0.25, 0.3) is 0 Å². The molecule has 1 aliphatic heterocycles. The number of carbonyl (C=O) groups excluding carboxylic acids is 1. The Labute approximate surface area is 230 Å². The van der Waals surface area contributed by atoms with Crippen molar-refractivity contribution in [2.75, 3.05) is 26.2 Å². The van der Waals surface area contributed by atoms with E-state index in [9.17, 15) is 15.0 Å². The first-order valence-corrected chi connectivity index (χ1v) is 13.9. The van der Waals surface area contributed by atoms with Crippen molar-refractivity contribution in [3.8, 4) is 5.75 Å². The van der Waals surface area contributed by atoms with Gasteiger partial charge in [0.15, 0.2) is 0 Å². The molecule has 1 amide bonds. The summed E-state index contributed by atoms with van der Waals surface area (Å²) in [6, 6.07) is 12.6. The van der Waals surface area contributed by atoms with E-state index in [1.165, 1.54) is 0 Å². The number of rotatable bonds is 8. The summed E-state index contributed by atoms with van der Waals surface area (Å²) in [6.45, 7) is 10.9. The molecule has 0 unspecified atom stereocenters. The minimum Gasteiger partial charge on any atom is -0.508 e. The van der Waals surface area contributed by atoms with E-state index in [1.807, 2.05) is 29.2 Å². The van der Waals surface area contributed by atoms with Crippen LogP contribution in [0.5, 0.6) is 5.75 Å². The Morgan fingerprint density at radius 1 is 1.22 bits per heavy atom. The van der Waals surface area contributed by atoms with E-state index in [0.29, 0.717) is 41.9 Å². The molecule has 2 aromatic rings. The second kappa shape index (κ2) is 11.4. The van der Waals surface area contributed by atoms with Crippen LogP contribution in [-0.4, -0.2) is 63.7 Å². The topological polar surface area (TPSA) is 64.0 Å². The maximum Gasteiger partial charge on any atom is 0.227 e. The molecule has 1 aliphatic carbocycles. The van der Waals surface area contributed by atoms with E-state index in [-0.39, 0.29) is 24.1 Å². The second-order valence-electron chi connectivity index (χ2n) is 11.2. The molecule has 0 bridgehead atoms. The minimum absolute atomic E-state index is 0.0220. The Kier molecular flexibility index (Phi) is 8.59. The van der Waals surface area contributed by atoms with Crippen LogP contribution in [0.15, 0.2) is 55.1 Å². The van der Waals surface area contributed by atoms with Crippen LogP contribution in [0.1, 0.15) is 50.7 Å². The van der Waals surface area contributed by atoms with Gasteiger partial charge in [-0.25, -0.2) is 0 Å². The number of fused-ring (bicyclic) bond motifs is 1. The summed E-state index contributed by atoms with van der Waals surface area (Å²) in [6.07, 6.45) is 4.82. The van der Waals surface area contributed by atoms with Crippen LogP contribution in [-0.2, 0) is 16.6 Å². The van der Waals surface area contributed by atoms with Gasteiger partial charge in [0.1, 0.15) is 5.75 Å². The van der Waals surface area contributed by atoms with E-state index < -0.39 is 11.0 Å². The first kappa shape index (κ1) is 28.0. The first-order chi connectivity index (χ1) is 17.6. The summed E-state index contributed by atoms with van der Waals surface area (Å²) >= 11 is 12.3. The molecule has 37 heavy (non-hydrogen) atoms. The predicted molar refractivity (Wildman–Crippen MR) is 150 cm³/mol. The average molecular weight is 546 g/mol.